The highest BCUT2D eigenvalue weighted by atomic mass is 16.5. The molecule has 1 saturated heterocycles. The number of rotatable bonds is 4. The molecule has 5 nitrogen and oxygen atoms in total. The average molecular weight is 279 g/mol. The molecular formula is C15H21NO4. The minimum absolute atomic E-state index is 0.0106. The van der Waals surface area contributed by atoms with Crippen LogP contribution in [0.25, 0.3) is 0 Å². The zero-order valence-electron chi connectivity index (χ0n) is 12.1. The molecule has 0 aliphatic carbocycles. The fourth-order valence-electron chi connectivity index (χ4n) is 2.81. The SMILES string of the molecule is COc1ccc(C2CC(C)NCC2C(=O)O)cc1OC. The van der Waals surface area contributed by atoms with Crippen molar-refractivity contribution in [2.75, 3.05) is 20.8 Å². The van der Waals surface area contributed by atoms with Crippen LogP contribution in [0, 0.1) is 5.92 Å². The molecule has 3 atom stereocenters. The van der Waals surface area contributed by atoms with E-state index in [4.69, 9.17) is 9.47 Å². The fraction of sp³-hybridized carbons (Fsp3) is 0.533. The number of carbonyl (C=O) groups is 1. The van der Waals surface area contributed by atoms with Crippen molar-refractivity contribution < 1.29 is 19.4 Å². The predicted molar refractivity (Wildman–Crippen MR) is 75.5 cm³/mol. The van der Waals surface area contributed by atoms with Crippen LogP contribution in [-0.4, -0.2) is 37.9 Å². The van der Waals surface area contributed by atoms with Gasteiger partial charge < -0.3 is 19.9 Å². The molecule has 1 fully saturated rings. The maximum Gasteiger partial charge on any atom is 0.308 e. The van der Waals surface area contributed by atoms with Gasteiger partial charge in [0.1, 0.15) is 0 Å². The fourth-order valence-corrected chi connectivity index (χ4v) is 2.81. The van der Waals surface area contributed by atoms with Gasteiger partial charge in [-0.3, -0.25) is 4.79 Å². The molecule has 0 aromatic heterocycles. The Morgan fingerprint density at radius 1 is 1.30 bits per heavy atom. The summed E-state index contributed by atoms with van der Waals surface area (Å²) in [7, 11) is 3.17. The van der Waals surface area contributed by atoms with Crippen LogP contribution in [0.3, 0.4) is 0 Å². The summed E-state index contributed by atoms with van der Waals surface area (Å²) in [5, 5.41) is 12.6. The number of hydrogen-bond donors (Lipinski definition) is 2. The molecule has 0 saturated carbocycles. The average Bonchev–Trinajstić information content (AvgIpc) is 2.46. The van der Waals surface area contributed by atoms with Crippen molar-refractivity contribution in [3.05, 3.63) is 23.8 Å². The van der Waals surface area contributed by atoms with E-state index in [1.165, 1.54) is 0 Å². The summed E-state index contributed by atoms with van der Waals surface area (Å²) in [6.07, 6.45) is 0.798. The van der Waals surface area contributed by atoms with Crippen molar-refractivity contribution >= 4 is 5.97 Å². The van der Waals surface area contributed by atoms with E-state index >= 15 is 0 Å². The van der Waals surface area contributed by atoms with Crippen LogP contribution in [0.1, 0.15) is 24.8 Å². The van der Waals surface area contributed by atoms with Crippen LogP contribution in [0.4, 0.5) is 0 Å². The zero-order valence-corrected chi connectivity index (χ0v) is 12.1. The van der Waals surface area contributed by atoms with Crippen LogP contribution >= 0.6 is 0 Å². The number of ether oxygens (including phenoxy) is 2. The number of hydrogen-bond acceptors (Lipinski definition) is 4. The molecule has 1 aliphatic rings. The van der Waals surface area contributed by atoms with Crippen LogP contribution in [-0.2, 0) is 4.79 Å². The van der Waals surface area contributed by atoms with Gasteiger partial charge in [-0.2, -0.15) is 0 Å². The lowest BCUT2D eigenvalue weighted by Crippen LogP contribution is -2.44. The first-order chi connectivity index (χ1) is 9.56. The summed E-state index contributed by atoms with van der Waals surface area (Å²) in [6, 6.07) is 5.96. The van der Waals surface area contributed by atoms with E-state index in [9.17, 15) is 9.90 Å². The highest BCUT2D eigenvalue weighted by Crippen LogP contribution is 2.37. The Bertz CT molecular complexity index is 489. The Balaban J connectivity index is 2.33. The molecule has 3 unspecified atom stereocenters. The Hall–Kier alpha value is -1.75. The second kappa shape index (κ2) is 6.13. The smallest absolute Gasteiger partial charge is 0.308 e. The third-order valence-corrected chi connectivity index (χ3v) is 3.93. The van der Waals surface area contributed by atoms with E-state index in [0.717, 1.165) is 12.0 Å². The first-order valence-corrected chi connectivity index (χ1v) is 6.75. The van der Waals surface area contributed by atoms with E-state index in [0.29, 0.717) is 24.1 Å². The summed E-state index contributed by atoms with van der Waals surface area (Å²) in [6.45, 7) is 2.57. The van der Waals surface area contributed by atoms with E-state index in [-0.39, 0.29) is 5.92 Å². The molecule has 2 N–H and O–H groups in total. The third-order valence-electron chi connectivity index (χ3n) is 3.93. The molecule has 1 aliphatic heterocycles. The topological polar surface area (TPSA) is 67.8 Å². The Labute approximate surface area is 118 Å². The van der Waals surface area contributed by atoms with Gasteiger partial charge in [0.15, 0.2) is 11.5 Å². The maximum absolute atomic E-state index is 11.4. The first kappa shape index (κ1) is 14.7. The summed E-state index contributed by atoms with van der Waals surface area (Å²) in [5.41, 5.74) is 0.989. The molecule has 0 amide bonds. The Kier molecular flexibility index (Phi) is 4.49. The van der Waals surface area contributed by atoms with Crippen molar-refractivity contribution in [1.82, 2.24) is 5.32 Å². The van der Waals surface area contributed by atoms with Gasteiger partial charge in [-0.25, -0.2) is 0 Å². The maximum atomic E-state index is 11.4. The molecule has 1 heterocycles. The molecule has 5 heteroatoms. The van der Waals surface area contributed by atoms with Crippen molar-refractivity contribution in [2.45, 2.75) is 25.3 Å². The minimum Gasteiger partial charge on any atom is -0.493 e. The van der Waals surface area contributed by atoms with Crippen LogP contribution in [0.5, 0.6) is 11.5 Å². The summed E-state index contributed by atoms with van der Waals surface area (Å²) in [5.74, 6) is 0.113. The molecular weight excluding hydrogens is 258 g/mol. The minimum atomic E-state index is -0.760. The number of aliphatic carboxylic acids is 1. The first-order valence-electron chi connectivity index (χ1n) is 6.75. The van der Waals surface area contributed by atoms with Gasteiger partial charge in [0.2, 0.25) is 0 Å². The van der Waals surface area contributed by atoms with Gasteiger partial charge in [0.05, 0.1) is 20.1 Å². The van der Waals surface area contributed by atoms with Crippen LogP contribution < -0.4 is 14.8 Å². The van der Waals surface area contributed by atoms with Gasteiger partial charge in [-0.1, -0.05) is 6.07 Å². The number of piperidine rings is 1. The number of carboxylic acids is 1. The lowest BCUT2D eigenvalue weighted by molar-refractivity contribution is -0.143. The van der Waals surface area contributed by atoms with Crippen LogP contribution in [0.15, 0.2) is 18.2 Å². The molecule has 2 rings (SSSR count). The van der Waals surface area contributed by atoms with E-state index in [2.05, 4.69) is 12.2 Å². The number of nitrogens with one attached hydrogen (secondary N) is 1. The van der Waals surface area contributed by atoms with Gasteiger partial charge in [-0.05, 0) is 37.0 Å². The number of benzene rings is 1. The van der Waals surface area contributed by atoms with Gasteiger partial charge >= 0.3 is 5.97 Å². The molecule has 1 aromatic rings. The number of carboxylic acid groups (broad SMARTS) is 1. The summed E-state index contributed by atoms with van der Waals surface area (Å²) in [4.78, 5) is 11.4. The molecule has 110 valence electrons. The molecule has 0 bridgehead atoms. The molecule has 1 aromatic carbocycles. The van der Waals surface area contributed by atoms with Gasteiger partial charge in [-0.15, -0.1) is 0 Å². The summed E-state index contributed by atoms with van der Waals surface area (Å²) < 4.78 is 10.5. The monoisotopic (exact) mass is 279 g/mol. The van der Waals surface area contributed by atoms with E-state index in [1.807, 2.05) is 18.2 Å². The predicted octanol–water partition coefficient (Wildman–Crippen LogP) is 1.87. The van der Waals surface area contributed by atoms with Gasteiger partial charge in [0.25, 0.3) is 0 Å². The van der Waals surface area contributed by atoms with Crippen molar-refractivity contribution in [2.24, 2.45) is 5.92 Å². The molecule has 20 heavy (non-hydrogen) atoms. The normalized spacial score (nSPS) is 26.1. The molecule has 0 spiro atoms. The second-order valence-electron chi connectivity index (χ2n) is 5.21. The van der Waals surface area contributed by atoms with Crippen molar-refractivity contribution in [3.8, 4) is 11.5 Å². The highest BCUT2D eigenvalue weighted by molar-refractivity contribution is 5.72. The van der Waals surface area contributed by atoms with Crippen molar-refractivity contribution in [1.29, 1.82) is 0 Å². The zero-order chi connectivity index (χ0) is 14.7. The van der Waals surface area contributed by atoms with Crippen molar-refractivity contribution in [3.63, 3.8) is 0 Å². The summed E-state index contributed by atoms with van der Waals surface area (Å²) >= 11 is 0. The quantitative estimate of drug-likeness (QED) is 0.880. The van der Waals surface area contributed by atoms with Gasteiger partial charge in [0, 0.05) is 12.6 Å². The molecule has 0 radical (unpaired) electrons. The standard InChI is InChI=1S/C15H21NO4/c1-9-6-11(12(8-16-9)15(17)18)10-4-5-13(19-2)14(7-10)20-3/h4-5,7,9,11-12,16H,6,8H2,1-3H3,(H,17,18). The van der Waals surface area contributed by atoms with Crippen LogP contribution in [0.2, 0.25) is 0 Å². The number of methoxy groups -OCH3 is 2. The lowest BCUT2D eigenvalue weighted by Gasteiger charge is -2.33. The Morgan fingerprint density at radius 2 is 2.00 bits per heavy atom. The largest absolute Gasteiger partial charge is 0.493 e. The lowest BCUT2D eigenvalue weighted by atomic mass is 9.78. The third kappa shape index (κ3) is 2.88. The van der Waals surface area contributed by atoms with E-state index in [1.54, 1.807) is 14.2 Å². The van der Waals surface area contributed by atoms with E-state index < -0.39 is 11.9 Å². The second-order valence-corrected chi connectivity index (χ2v) is 5.21. The highest BCUT2D eigenvalue weighted by Gasteiger charge is 2.34. The Morgan fingerprint density at radius 3 is 2.60 bits per heavy atom.